The highest BCUT2D eigenvalue weighted by atomic mass is 35.5. The van der Waals surface area contributed by atoms with E-state index in [0.29, 0.717) is 11.6 Å². The predicted octanol–water partition coefficient (Wildman–Crippen LogP) is 3.32. The largest absolute Gasteiger partial charge is 0.465 e. The number of halogens is 1. The Morgan fingerprint density at radius 2 is 2.00 bits per heavy atom. The molecule has 1 aromatic rings. The highest BCUT2D eigenvalue weighted by Gasteiger charge is 2.52. The first-order valence-electron chi connectivity index (χ1n) is 5.62. The van der Waals surface area contributed by atoms with Gasteiger partial charge in [0.05, 0.1) is 12.0 Å². The molecule has 2 rings (SSSR count). The lowest BCUT2D eigenvalue weighted by Gasteiger charge is -2.14. The van der Waals surface area contributed by atoms with Gasteiger partial charge in [-0.05, 0) is 37.0 Å². The Morgan fingerprint density at radius 1 is 1.38 bits per heavy atom. The van der Waals surface area contributed by atoms with Crippen LogP contribution in [0.2, 0.25) is 5.02 Å². The van der Waals surface area contributed by atoms with E-state index in [4.69, 9.17) is 16.3 Å². The summed E-state index contributed by atoms with van der Waals surface area (Å²) in [5.41, 5.74) is 0.651. The van der Waals surface area contributed by atoms with E-state index in [0.717, 1.165) is 24.8 Å². The molecule has 1 fully saturated rings. The molecule has 1 aliphatic carbocycles. The summed E-state index contributed by atoms with van der Waals surface area (Å²) in [6, 6.07) is 7.49. The maximum Gasteiger partial charge on any atom is 0.316 e. The van der Waals surface area contributed by atoms with Gasteiger partial charge in [-0.1, -0.05) is 30.7 Å². The quantitative estimate of drug-likeness (QED) is 0.753. The Hall–Kier alpha value is -1.02. The molecule has 0 atom stereocenters. The molecule has 0 unspecified atom stereocenters. The van der Waals surface area contributed by atoms with Crippen LogP contribution >= 0.6 is 11.6 Å². The second-order valence-corrected chi connectivity index (χ2v) is 4.66. The minimum Gasteiger partial charge on any atom is -0.465 e. The third-order valence-electron chi connectivity index (χ3n) is 2.97. The van der Waals surface area contributed by atoms with Crippen molar-refractivity contribution in [2.45, 2.75) is 31.6 Å². The van der Waals surface area contributed by atoms with Crippen molar-refractivity contribution in [2.75, 3.05) is 6.61 Å². The van der Waals surface area contributed by atoms with E-state index in [1.807, 2.05) is 31.2 Å². The first-order chi connectivity index (χ1) is 7.69. The SMILES string of the molecule is CCCOC(=O)C1(c2ccc(Cl)cc2)CC1. The van der Waals surface area contributed by atoms with Gasteiger partial charge in [-0.3, -0.25) is 4.79 Å². The fourth-order valence-electron chi connectivity index (χ4n) is 1.84. The molecule has 0 spiro atoms. The van der Waals surface area contributed by atoms with E-state index < -0.39 is 0 Å². The molecule has 0 aliphatic heterocycles. The third-order valence-corrected chi connectivity index (χ3v) is 3.23. The van der Waals surface area contributed by atoms with Crippen molar-refractivity contribution in [3.63, 3.8) is 0 Å². The minimum atomic E-state index is -0.375. The van der Waals surface area contributed by atoms with Crippen LogP contribution in [0.25, 0.3) is 0 Å². The molecule has 0 saturated heterocycles. The summed E-state index contributed by atoms with van der Waals surface area (Å²) in [7, 11) is 0. The average molecular weight is 239 g/mol. The summed E-state index contributed by atoms with van der Waals surface area (Å²) in [6.07, 6.45) is 2.64. The molecule has 0 bridgehead atoms. The van der Waals surface area contributed by atoms with Crippen LogP contribution in [0.4, 0.5) is 0 Å². The molecule has 0 amide bonds. The second-order valence-electron chi connectivity index (χ2n) is 4.22. The van der Waals surface area contributed by atoms with Gasteiger partial charge in [-0.2, -0.15) is 0 Å². The van der Waals surface area contributed by atoms with Crippen molar-refractivity contribution in [1.29, 1.82) is 0 Å². The van der Waals surface area contributed by atoms with E-state index in [1.54, 1.807) is 0 Å². The number of esters is 1. The highest BCUT2D eigenvalue weighted by Crippen LogP contribution is 2.49. The predicted molar refractivity (Wildman–Crippen MR) is 63.6 cm³/mol. The van der Waals surface area contributed by atoms with Crippen LogP contribution in [0, 0.1) is 0 Å². The molecule has 1 aromatic carbocycles. The maximum atomic E-state index is 11.9. The van der Waals surface area contributed by atoms with E-state index >= 15 is 0 Å². The number of ether oxygens (including phenoxy) is 1. The van der Waals surface area contributed by atoms with Crippen LogP contribution in [0.5, 0.6) is 0 Å². The summed E-state index contributed by atoms with van der Waals surface area (Å²) in [4.78, 5) is 11.9. The Labute approximate surface area is 101 Å². The van der Waals surface area contributed by atoms with Crippen molar-refractivity contribution in [3.05, 3.63) is 34.9 Å². The zero-order valence-corrected chi connectivity index (χ0v) is 10.1. The molecule has 1 saturated carbocycles. The number of hydrogen-bond acceptors (Lipinski definition) is 2. The zero-order valence-electron chi connectivity index (χ0n) is 9.33. The Morgan fingerprint density at radius 3 is 2.50 bits per heavy atom. The molecule has 2 nitrogen and oxygen atoms in total. The molecular weight excluding hydrogens is 224 g/mol. The summed E-state index contributed by atoms with van der Waals surface area (Å²) >= 11 is 5.83. The molecular formula is C13H15ClO2. The van der Waals surface area contributed by atoms with E-state index in [2.05, 4.69) is 0 Å². The minimum absolute atomic E-state index is 0.0864. The summed E-state index contributed by atoms with van der Waals surface area (Å²) in [5, 5.41) is 0.696. The summed E-state index contributed by atoms with van der Waals surface area (Å²) < 4.78 is 5.23. The Balaban J connectivity index is 2.13. The zero-order chi connectivity index (χ0) is 11.6. The van der Waals surface area contributed by atoms with E-state index in [1.165, 1.54) is 0 Å². The molecule has 86 valence electrons. The average Bonchev–Trinajstić information content (AvgIpc) is 3.08. The van der Waals surface area contributed by atoms with Gasteiger partial charge in [0, 0.05) is 5.02 Å². The van der Waals surface area contributed by atoms with E-state index in [-0.39, 0.29) is 11.4 Å². The van der Waals surface area contributed by atoms with Crippen molar-refractivity contribution >= 4 is 17.6 Å². The molecule has 0 radical (unpaired) electrons. The second kappa shape index (κ2) is 4.46. The standard InChI is InChI=1S/C13H15ClO2/c1-2-9-16-12(15)13(7-8-13)10-3-5-11(14)6-4-10/h3-6H,2,7-9H2,1H3. The van der Waals surface area contributed by atoms with Gasteiger partial charge in [-0.15, -0.1) is 0 Å². The van der Waals surface area contributed by atoms with Gasteiger partial charge in [0.25, 0.3) is 0 Å². The van der Waals surface area contributed by atoms with Gasteiger partial charge < -0.3 is 4.74 Å². The monoisotopic (exact) mass is 238 g/mol. The van der Waals surface area contributed by atoms with Crippen molar-refractivity contribution < 1.29 is 9.53 Å². The molecule has 0 heterocycles. The van der Waals surface area contributed by atoms with Crippen molar-refractivity contribution in [1.82, 2.24) is 0 Å². The van der Waals surface area contributed by atoms with E-state index in [9.17, 15) is 4.79 Å². The smallest absolute Gasteiger partial charge is 0.316 e. The van der Waals surface area contributed by atoms with Gasteiger partial charge in [0.1, 0.15) is 0 Å². The fourth-order valence-corrected chi connectivity index (χ4v) is 1.96. The molecule has 0 N–H and O–H groups in total. The maximum absolute atomic E-state index is 11.9. The molecule has 16 heavy (non-hydrogen) atoms. The molecule has 1 aliphatic rings. The van der Waals surface area contributed by atoms with Gasteiger partial charge in [0.2, 0.25) is 0 Å². The van der Waals surface area contributed by atoms with Gasteiger partial charge in [0.15, 0.2) is 0 Å². The van der Waals surface area contributed by atoms with Crippen LogP contribution in [0.15, 0.2) is 24.3 Å². The normalized spacial score (nSPS) is 16.9. The fraction of sp³-hybridized carbons (Fsp3) is 0.462. The lowest BCUT2D eigenvalue weighted by atomic mass is 9.96. The lowest BCUT2D eigenvalue weighted by molar-refractivity contribution is -0.146. The molecule has 0 aromatic heterocycles. The van der Waals surface area contributed by atoms with Gasteiger partial charge in [-0.25, -0.2) is 0 Å². The van der Waals surface area contributed by atoms with Crippen LogP contribution in [-0.4, -0.2) is 12.6 Å². The Bertz CT molecular complexity index is 379. The summed E-state index contributed by atoms with van der Waals surface area (Å²) in [6.45, 7) is 2.50. The Kier molecular flexibility index (Phi) is 3.20. The number of carbonyl (C=O) groups is 1. The first kappa shape index (κ1) is 11.5. The number of carbonyl (C=O) groups excluding carboxylic acids is 1. The third kappa shape index (κ3) is 2.07. The number of benzene rings is 1. The van der Waals surface area contributed by atoms with Crippen LogP contribution in [0.3, 0.4) is 0 Å². The van der Waals surface area contributed by atoms with Crippen LogP contribution in [-0.2, 0) is 14.9 Å². The van der Waals surface area contributed by atoms with Crippen LogP contribution < -0.4 is 0 Å². The van der Waals surface area contributed by atoms with Crippen molar-refractivity contribution in [3.8, 4) is 0 Å². The lowest BCUT2D eigenvalue weighted by Crippen LogP contribution is -2.23. The molecule has 3 heteroatoms. The first-order valence-corrected chi connectivity index (χ1v) is 6.00. The van der Waals surface area contributed by atoms with Crippen molar-refractivity contribution in [2.24, 2.45) is 0 Å². The summed E-state index contributed by atoms with van der Waals surface area (Å²) in [5.74, 6) is -0.0864. The number of rotatable bonds is 4. The van der Waals surface area contributed by atoms with Gasteiger partial charge >= 0.3 is 5.97 Å². The number of hydrogen-bond donors (Lipinski definition) is 0. The van der Waals surface area contributed by atoms with Crippen LogP contribution in [0.1, 0.15) is 31.7 Å². The highest BCUT2D eigenvalue weighted by molar-refractivity contribution is 6.30. The topological polar surface area (TPSA) is 26.3 Å².